The fourth-order valence-corrected chi connectivity index (χ4v) is 2.84. The highest BCUT2D eigenvalue weighted by atomic mass is 32.1. The number of primary amides is 1. The topological polar surface area (TPSA) is 46.3 Å². The lowest BCUT2D eigenvalue weighted by Crippen LogP contribution is -2.36. The summed E-state index contributed by atoms with van der Waals surface area (Å²) in [5.41, 5.74) is 7.58. The van der Waals surface area contributed by atoms with E-state index in [0.717, 1.165) is 10.4 Å². The van der Waals surface area contributed by atoms with Gasteiger partial charge in [0.05, 0.1) is 6.54 Å². The number of halogens is 1. The Balaban J connectivity index is 1.98. The van der Waals surface area contributed by atoms with Crippen LogP contribution in [0.25, 0.3) is 0 Å². The van der Waals surface area contributed by atoms with Crippen LogP contribution in [0.3, 0.4) is 0 Å². The van der Waals surface area contributed by atoms with Gasteiger partial charge in [0.15, 0.2) is 0 Å². The van der Waals surface area contributed by atoms with E-state index in [1.54, 1.807) is 28.4 Å². The predicted molar refractivity (Wildman–Crippen MR) is 79.2 cm³/mol. The molecule has 0 saturated carbocycles. The molecule has 0 fully saturated rings. The number of aryl methyl sites for hydroxylation is 1. The SMILES string of the molecule is Cc1ccsc1CN(CCc1ccc(F)cc1)C(N)=O. The van der Waals surface area contributed by atoms with Crippen LogP contribution in [-0.2, 0) is 13.0 Å². The lowest BCUT2D eigenvalue weighted by Gasteiger charge is -2.20. The van der Waals surface area contributed by atoms with Gasteiger partial charge in [-0.05, 0) is 48.1 Å². The van der Waals surface area contributed by atoms with Crippen molar-refractivity contribution in [3.05, 3.63) is 57.5 Å². The van der Waals surface area contributed by atoms with Crippen LogP contribution in [0.5, 0.6) is 0 Å². The molecule has 0 atom stereocenters. The second-order valence-corrected chi connectivity index (χ2v) is 5.66. The molecule has 1 heterocycles. The highest BCUT2D eigenvalue weighted by Crippen LogP contribution is 2.18. The van der Waals surface area contributed by atoms with Gasteiger partial charge in [0.25, 0.3) is 0 Å². The number of nitrogens with zero attached hydrogens (tertiary/aromatic N) is 1. The zero-order valence-corrected chi connectivity index (χ0v) is 12.1. The monoisotopic (exact) mass is 292 g/mol. The van der Waals surface area contributed by atoms with Gasteiger partial charge in [0.2, 0.25) is 0 Å². The van der Waals surface area contributed by atoms with E-state index >= 15 is 0 Å². The first kappa shape index (κ1) is 14.5. The molecule has 106 valence electrons. The molecule has 0 spiro atoms. The fourth-order valence-electron chi connectivity index (χ4n) is 1.92. The van der Waals surface area contributed by atoms with Crippen LogP contribution in [0.1, 0.15) is 16.0 Å². The number of nitrogens with two attached hydrogens (primary N) is 1. The molecule has 0 unspecified atom stereocenters. The van der Waals surface area contributed by atoms with Gasteiger partial charge in [-0.2, -0.15) is 0 Å². The van der Waals surface area contributed by atoms with Crippen molar-refractivity contribution in [2.45, 2.75) is 19.9 Å². The first-order valence-corrected chi connectivity index (χ1v) is 7.26. The van der Waals surface area contributed by atoms with Gasteiger partial charge in [-0.3, -0.25) is 0 Å². The average Bonchev–Trinajstić information content (AvgIpc) is 2.81. The van der Waals surface area contributed by atoms with E-state index in [1.807, 2.05) is 18.4 Å². The van der Waals surface area contributed by atoms with Gasteiger partial charge >= 0.3 is 6.03 Å². The van der Waals surface area contributed by atoms with Gasteiger partial charge in [0.1, 0.15) is 5.82 Å². The minimum absolute atomic E-state index is 0.255. The summed E-state index contributed by atoms with van der Waals surface area (Å²) in [4.78, 5) is 14.3. The Morgan fingerprint density at radius 2 is 2.00 bits per heavy atom. The van der Waals surface area contributed by atoms with Gasteiger partial charge in [-0.15, -0.1) is 11.3 Å². The molecule has 2 N–H and O–H groups in total. The van der Waals surface area contributed by atoms with Gasteiger partial charge in [0, 0.05) is 11.4 Å². The lowest BCUT2D eigenvalue weighted by atomic mass is 10.1. The third-order valence-corrected chi connectivity index (χ3v) is 4.21. The maximum atomic E-state index is 12.8. The zero-order valence-electron chi connectivity index (χ0n) is 11.3. The number of hydrogen-bond donors (Lipinski definition) is 1. The highest BCUT2D eigenvalue weighted by Gasteiger charge is 2.12. The molecule has 2 rings (SSSR count). The number of urea groups is 1. The van der Waals surface area contributed by atoms with E-state index in [4.69, 9.17) is 5.73 Å². The minimum Gasteiger partial charge on any atom is -0.351 e. The van der Waals surface area contributed by atoms with Crippen LogP contribution in [0, 0.1) is 12.7 Å². The largest absolute Gasteiger partial charge is 0.351 e. The van der Waals surface area contributed by atoms with Crippen LogP contribution in [0.2, 0.25) is 0 Å². The summed E-state index contributed by atoms with van der Waals surface area (Å²) in [5.74, 6) is -0.255. The summed E-state index contributed by atoms with van der Waals surface area (Å²) in [6.45, 7) is 3.07. The normalized spacial score (nSPS) is 10.5. The molecule has 0 aliphatic heterocycles. The molecule has 20 heavy (non-hydrogen) atoms. The van der Waals surface area contributed by atoms with Crippen LogP contribution in [0.15, 0.2) is 35.7 Å². The van der Waals surface area contributed by atoms with E-state index in [0.29, 0.717) is 19.5 Å². The summed E-state index contributed by atoms with van der Waals surface area (Å²) in [6, 6.07) is 7.90. The van der Waals surface area contributed by atoms with Crippen molar-refractivity contribution in [3.8, 4) is 0 Å². The second kappa shape index (κ2) is 6.52. The molecule has 2 aromatic rings. The van der Waals surface area contributed by atoms with Gasteiger partial charge in [-0.1, -0.05) is 12.1 Å². The molecule has 0 saturated heterocycles. The zero-order chi connectivity index (χ0) is 14.5. The Hall–Kier alpha value is -1.88. The summed E-state index contributed by atoms with van der Waals surface area (Å²) in [7, 11) is 0. The molecule has 2 amide bonds. The van der Waals surface area contributed by atoms with Crippen LogP contribution in [-0.4, -0.2) is 17.5 Å². The summed E-state index contributed by atoms with van der Waals surface area (Å²) in [6.07, 6.45) is 0.660. The van der Waals surface area contributed by atoms with Crippen molar-refractivity contribution in [2.24, 2.45) is 5.73 Å². The van der Waals surface area contributed by atoms with Crippen molar-refractivity contribution in [2.75, 3.05) is 6.54 Å². The molecule has 5 heteroatoms. The van der Waals surface area contributed by atoms with E-state index in [2.05, 4.69) is 0 Å². The summed E-state index contributed by atoms with van der Waals surface area (Å²) >= 11 is 1.62. The Bertz CT molecular complexity index is 580. The summed E-state index contributed by atoms with van der Waals surface area (Å²) in [5, 5.41) is 2.00. The van der Waals surface area contributed by atoms with Crippen molar-refractivity contribution >= 4 is 17.4 Å². The molecule has 0 radical (unpaired) electrons. The maximum Gasteiger partial charge on any atom is 0.315 e. The Morgan fingerprint density at radius 3 is 2.55 bits per heavy atom. The van der Waals surface area contributed by atoms with Crippen LogP contribution < -0.4 is 5.73 Å². The predicted octanol–water partition coefficient (Wildman–Crippen LogP) is 3.32. The Labute approximate surface area is 121 Å². The number of rotatable bonds is 5. The molecule has 3 nitrogen and oxygen atoms in total. The highest BCUT2D eigenvalue weighted by molar-refractivity contribution is 7.10. The van der Waals surface area contributed by atoms with Crippen LogP contribution in [0.4, 0.5) is 9.18 Å². The van der Waals surface area contributed by atoms with Gasteiger partial charge in [-0.25, -0.2) is 9.18 Å². The molecule has 1 aromatic heterocycles. The molecular weight excluding hydrogens is 275 g/mol. The van der Waals surface area contributed by atoms with Crippen molar-refractivity contribution in [3.63, 3.8) is 0 Å². The molecule has 0 aliphatic rings. The third kappa shape index (κ3) is 3.81. The average molecular weight is 292 g/mol. The molecule has 0 aliphatic carbocycles. The van der Waals surface area contributed by atoms with Crippen LogP contribution >= 0.6 is 11.3 Å². The fraction of sp³-hybridized carbons (Fsp3) is 0.267. The number of carbonyl (C=O) groups excluding carboxylic acids is 1. The van der Waals surface area contributed by atoms with E-state index in [1.165, 1.54) is 17.7 Å². The van der Waals surface area contributed by atoms with Gasteiger partial charge < -0.3 is 10.6 Å². The first-order valence-electron chi connectivity index (χ1n) is 6.38. The number of benzene rings is 1. The number of hydrogen-bond acceptors (Lipinski definition) is 2. The second-order valence-electron chi connectivity index (χ2n) is 4.66. The standard InChI is InChI=1S/C15H17FN2OS/c1-11-7-9-20-14(11)10-18(15(17)19)8-6-12-2-4-13(16)5-3-12/h2-5,7,9H,6,8,10H2,1H3,(H2,17,19). The first-order chi connectivity index (χ1) is 9.56. The van der Waals surface area contributed by atoms with E-state index in [9.17, 15) is 9.18 Å². The molecule has 0 bridgehead atoms. The smallest absolute Gasteiger partial charge is 0.315 e. The van der Waals surface area contributed by atoms with Crippen molar-refractivity contribution < 1.29 is 9.18 Å². The lowest BCUT2D eigenvalue weighted by molar-refractivity contribution is 0.206. The minimum atomic E-state index is -0.431. The number of thiophene rings is 1. The molecular formula is C15H17FN2OS. The Kier molecular flexibility index (Phi) is 4.74. The van der Waals surface area contributed by atoms with E-state index < -0.39 is 6.03 Å². The van der Waals surface area contributed by atoms with Crippen molar-refractivity contribution in [1.82, 2.24) is 4.90 Å². The quantitative estimate of drug-likeness (QED) is 0.903. The number of amides is 2. The summed E-state index contributed by atoms with van der Waals surface area (Å²) < 4.78 is 12.8. The van der Waals surface area contributed by atoms with Crippen molar-refractivity contribution in [1.29, 1.82) is 0 Å². The molecule has 1 aromatic carbocycles. The Morgan fingerprint density at radius 1 is 1.30 bits per heavy atom. The maximum absolute atomic E-state index is 12.8. The third-order valence-electron chi connectivity index (χ3n) is 3.20. The number of carbonyl (C=O) groups is 1. The van der Waals surface area contributed by atoms with E-state index in [-0.39, 0.29) is 5.82 Å².